The number of amides is 3. The molecule has 1 N–H and O–H groups in total. The van der Waals surface area contributed by atoms with Crippen LogP contribution in [0.15, 0.2) is 35.7 Å². The van der Waals surface area contributed by atoms with E-state index in [1.54, 1.807) is 6.92 Å². The highest BCUT2D eigenvalue weighted by molar-refractivity contribution is 7.10. The molecule has 0 aliphatic carbocycles. The van der Waals surface area contributed by atoms with Crippen LogP contribution < -0.4 is 5.32 Å². The zero-order valence-corrected chi connectivity index (χ0v) is 13.9. The first-order valence-electron chi connectivity index (χ1n) is 7.36. The van der Waals surface area contributed by atoms with Crippen molar-refractivity contribution in [2.45, 2.75) is 13.0 Å². The highest BCUT2D eigenvalue weighted by Crippen LogP contribution is 2.26. The maximum Gasteiger partial charge on any atom is 0.270 e. The molecule has 0 radical (unpaired) electrons. The fraction of sp³-hybridized carbons (Fsp3) is 0.188. The molecule has 1 aromatic heterocycles. The van der Waals surface area contributed by atoms with Crippen molar-refractivity contribution >= 4 is 34.7 Å². The summed E-state index contributed by atoms with van der Waals surface area (Å²) in [4.78, 5) is 48.7. The van der Waals surface area contributed by atoms with Crippen LogP contribution in [0.1, 0.15) is 38.6 Å². The normalized spacial score (nSPS) is 14.4. The smallest absolute Gasteiger partial charge is 0.270 e. The van der Waals surface area contributed by atoms with E-state index < -0.39 is 29.2 Å². The van der Waals surface area contributed by atoms with Gasteiger partial charge in [0.1, 0.15) is 6.54 Å². The molecule has 9 heteroatoms. The van der Waals surface area contributed by atoms with Gasteiger partial charge in [-0.25, -0.2) is 0 Å². The van der Waals surface area contributed by atoms with Crippen LogP contribution in [0.25, 0.3) is 0 Å². The van der Waals surface area contributed by atoms with Gasteiger partial charge in [0, 0.05) is 17.0 Å². The number of hydrogen-bond acceptors (Lipinski definition) is 6. The zero-order chi connectivity index (χ0) is 18.1. The molecule has 3 rings (SSSR count). The van der Waals surface area contributed by atoms with E-state index in [0.717, 1.165) is 21.9 Å². The van der Waals surface area contributed by atoms with Crippen LogP contribution in [0.2, 0.25) is 0 Å². The molecule has 1 aliphatic rings. The van der Waals surface area contributed by atoms with Gasteiger partial charge in [0.05, 0.1) is 22.1 Å². The minimum atomic E-state index is -0.706. The largest absolute Gasteiger partial charge is 0.347 e. The number of thiophene rings is 1. The Morgan fingerprint density at radius 3 is 2.64 bits per heavy atom. The molecule has 0 spiro atoms. The highest BCUT2D eigenvalue weighted by atomic mass is 32.1. The van der Waals surface area contributed by atoms with Crippen LogP contribution in [-0.4, -0.2) is 34.1 Å². The van der Waals surface area contributed by atoms with Crippen LogP contribution in [0.3, 0.4) is 0 Å². The highest BCUT2D eigenvalue weighted by Gasteiger charge is 2.37. The Bertz CT molecular complexity index is 878. The Balaban J connectivity index is 1.73. The number of benzene rings is 1. The number of nitro groups is 1. The number of imide groups is 1. The first kappa shape index (κ1) is 16.8. The molecule has 0 saturated carbocycles. The number of carbonyl (C=O) groups excluding carboxylic acids is 3. The maximum absolute atomic E-state index is 12.3. The number of rotatable bonds is 5. The van der Waals surface area contributed by atoms with Gasteiger partial charge in [-0.2, -0.15) is 0 Å². The first-order valence-corrected chi connectivity index (χ1v) is 8.24. The van der Waals surface area contributed by atoms with E-state index in [-0.39, 0.29) is 22.9 Å². The van der Waals surface area contributed by atoms with Gasteiger partial charge < -0.3 is 5.32 Å². The molecule has 2 aromatic rings. The number of non-ortho nitro benzene ring substituents is 1. The molecule has 0 saturated heterocycles. The van der Waals surface area contributed by atoms with E-state index in [1.165, 1.54) is 17.4 Å². The lowest BCUT2D eigenvalue weighted by molar-refractivity contribution is -0.384. The van der Waals surface area contributed by atoms with Crippen molar-refractivity contribution in [3.8, 4) is 0 Å². The van der Waals surface area contributed by atoms with E-state index in [2.05, 4.69) is 5.32 Å². The van der Waals surface area contributed by atoms with Crippen molar-refractivity contribution in [2.24, 2.45) is 0 Å². The Morgan fingerprint density at radius 2 is 2.00 bits per heavy atom. The monoisotopic (exact) mass is 359 g/mol. The summed E-state index contributed by atoms with van der Waals surface area (Å²) in [5.74, 6) is -1.82. The predicted molar refractivity (Wildman–Crippen MR) is 89.3 cm³/mol. The summed E-state index contributed by atoms with van der Waals surface area (Å²) in [6, 6.07) is 6.94. The van der Waals surface area contributed by atoms with Crippen LogP contribution in [0.5, 0.6) is 0 Å². The maximum atomic E-state index is 12.3. The van der Waals surface area contributed by atoms with Crippen molar-refractivity contribution in [3.05, 3.63) is 61.8 Å². The molecule has 1 unspecified atom stereocenters. The van der Waals surface area contributed by atoms with Gasteiger partial charge in [-0.05, 0) is 24.4 Å². The van der Waals surface area contributed by atoms with Crippen molar-refractivity contribution in [2.75, 3.05) is 6.54 Å². The lowest BCUT2D eigenvalue weighted by Gasteiger charge is -2.16. The summed E-state index contributed by atoms with van der Waals surface area (Å²) >= 11 is 1.48. The van der Waals surface area contributed by atoms with E-state index >= 15 is 0 Å². The number of nitrogens with zero attached hydrogens (tertiary/aromatic N) is 2. The molecule has 0 bridgehead atoms. The molecular weight excluding hydrogens is 346 g/mol. The molecule has 1 atom stereocenters. The minimum absolute atomic E-state index is 0.0571. The number of nitro benzene ring substituents is 1. The molecule has 8 nitrogen and oxygen atoms in total. The summed E-state index contributed by atoms with van der Waals surface area (Å²) in [5, 5.41) is 15.4. The summed E-state index contributed by atoms with van der Waals surface area (Å²) in [7, 11) is 0. The van der Waals surface area contributed by atoms with Gasteiger partial charge >= 0.3 is 0 Å². The van der Waals surface area contributed by atoms with Crippen molar-refractivity contribution in [3.63, 3.8) is 0 Å². The zero-order valence-electron chi connectivity index (χ0n) is 13.1. The fourth-order valence-corrected chi connectivity index (χ4v) is 3.31. The molecule has 0 fully saturated rings. The molecular formula is C16H13N3O5S. The number of nitrogens with one attached hydrogen (secondary N) is 1. The van der Waals surface area contributed by atoms with E-state index in [4.69, 9.17) is 0 Å². The minimum Gasteiger partial charge on any atom is -0.347 e. The van der Waals surface area contributed by atoms with Crippen molar-refractivity contribution in [1.82, 2.24) is 10.2 Å². The van der Waals surface area contributed by atoms with E-state index in [1.807, 2.05) is 17.5 Å². The molecule has 3 amide bonds. The number of carbonyl (C=O) groups is 3. The average molecular weight is 359 g/mol. The van der Waals surface area contributed by atoms with Crippen LogP contribution >= 0.6 is 11.3 Å². The first-order chi connectivity index (χ1) is 11.9. The number of hydrogen-bond donors (Lipinski definition) is 1. The van der Waals surface area contributed by atoms with Gasteiger partial charge in [0.25, 0.3) is 17.5 Å². The Labute approximate surface area is 146 Å². The molecule has 1 aromatic carbocycles. The molecule has 2 heterocycles. The second kappa shape index (κ2) is 6.44. The van der Waals surface area contributed by atoms with Crippen molar-refractivity contribution in [1.29, 1.82) is 0 Å². The third kappa shape index (κ3) is 3.13. The topological polar surface area (TPSA) is 110 Å². The van der Waals surface area contributed by atoms with Crippen LogP contribution in [0.4, 0.5) is 5.69 Å². The summed E-state index contributed by atoms with van der Waals surface area (Å²) < 4.78 is 0. The molecule has 1 aliphatic heterocycles. The second-order valence-electron chi connectivity index (χ2n) is 5.49. The summed E-state index contributed by atoms with van der Waals surface area (Å²) in [6.45, 7) is 1.37. The van der Waals surface area contributed by atoms with Gasteiger partial charge in [-0.3, -0.25) is 29.4 Å². The SMILES string of the molecule is CC(NC(=O)CN1C(=O)c2ccc([N+](=O)[O-])cc2C1=O)c1cccs1. The molecule has 128 valence electrons. The molecule has 25 heavy (non-hydrogen) atoms. The standard InChI is InChI=1S/C16H13N3O5S/c1-9(13-3-2-6-25-13)17-14(20)8-18-15(21)11-5-4-10(19(23)24)7-12(11)16(18)22/h2-7,9H,8H2,1H3,(H,17,20). The van der Waals surface area contributed by atoms with Gasteiger partial charge in [0.2, 0.25) is 5.91 Å². The predicted octanol–water partition coefficient (Wildman–Crippen LogP) is 2.13. The average Bonchev–Trinajstić information content (AvgIpc) is 3.18. The van der Waals surface area contributed by atoms with Gasteiger partial charge in [-0.15, -0.1) is 11.3 Å². The Kier molecular flexibility index (Phi) is 4.32. The third-order valence-electron chi connectivity index (χ3n) is 3.81. The fourth-order valence-electron chi connectivity index (χ4n) is 2.58. The third-order valence-corrected chi connectivity index (χ3v) is 4.87. The van der Waals surface area contributed by atoms with E-state index in [9.17, 15) is 24.5 Å². The van der Waals surface area contributed by atoms with Gasteiger partial charge in [0.15, 0.2) is 0 Å². The second-order valence-corrected chi connectivity index (χ2v) is 6.47. The quantitative estimate of drug-likeness (QED) is 0.500. The Morgan fingerprint density at radius 1 is 1.28 bits per heavy atom. The van der Waals surface area contributed by atoms with Gasteiger partial charge in [-0.1, -0.05) is 6.07 Å². The summed E-state index contributed by atoms with van der Waals surface area (Å²) in [6.07, 6.45) is 0. The lowest BCUT2D eigenvalue weighted by atomic mass is 10.1. The summed E-state index contributed by atoms with van der Waals surface area (Å²) in [5.41, 5.74) is -0.273. The van der Waals surface area contributed by atoms with Crippen LogP contribution in [-0.2, 0) is 4.79 Å². The van der Waals surface area contributed by atoms with E-state index in [0.29, 0.717) is 0 Å². The van der Waals surface area contributed by atoms with Crippen LogP contribution in [0, 0.1) is 10.1 Å². The van der Waals surface area contributed by atoms with Crippen molar-refractivity contribution < 1.29 is 19.3 Å². The lowest BCUT2D eigenvalue weighted by Crippen LogP contribution is -2.41. The number of fused-ring (bicyclic) bond motifs is 1. The Hall–Kier alpha value is -3.07.